The van der Waals surface area contributed by atoms with E-state index in [9.17, 15) is 9.90 Å². The number of anilines is 3. The minimum Gasteiger partial charge on any atom is -0.478 e. The highest BCUT2D eigenvalue weighted by atomic mass is 16.4. The summed E-state index contributed by atoms with van der Waals surface area (Å²) in [6.45, 7) is 2.16. The van der Waals surface area contributed by atoms with Crippen LogP contribution in [0.2, 0.25) is 0 Å². The number of nitrogen functional groups attached to an aromatic ring is 1. The topological polar surface area (TPSA) is 66.6 Å². The molecule has 0 radical (unpaired) electrons. The molecule has 2 aromatic carbocycles. The summed E-state index contributed by atoms with van der Waals surface area (Å²) in [6.07, 6.45) is 2.10. The van der Waals surface area contributed by atoms with Crippen LogP contribution in [0, 0.1) is 0 Å². The minimum atomic E-state index is -0.993. The van der Waals surface area contributed by atoms with Crippen LogP contribution >= 0.6 is 0 Å². The van der Waals surface area contributed by atoms with Crippen molar-refractivity contribution in [2.45, 2.75) is 25.8 Å². The SMILES string of the molecule is CC1CCc2ccccc2N1c1ccc(N)c(C(=O)O)c1. The predicted molar refractivity (Wildman–Crippen MR) is 84.2 cm³/mol. The van der Waals surface area contributed by atoms with E-state index >= 15 is 0 Å². The molecule has 21 heavy (non-hydrogen) atoms. The van der Waals surface area contributed by atoms with E-state index in [1.165, 1.54) is 5.56 Å². The molecule has 4 heteroatoms. The van der Waals surface area contributed by atoms with Gasteiger partial charge in [0.25, 0.3) is 0 Å². The molecule has 0 aliphatic carbocycles. The summed E-state index contributed by atoms with van der Waals surface area (Å²) in [5.41, 5.74) is 9.52. The van der Waals surface area contributed by atoms with E-state index in [0.29, 0.717) is 11.7 Å². The Labute approximate surface area is 123 Å². The van der Waals surface area contributed by atoms with Crippen molar-refractivity contribution in [3.05, 3.63) is 53.6 Å². The normalized spacial score (nSPS) is 17.4. The van der Waals surface area contributed by atoms with Crippen LogP contribution in [0.4, 0.5) is 17.1 Å². The van der Waals surface area contributed by atoms with Crippen LogP contribution in [-0.4, -0.2) is 17.1 Å². The molecular weight excluding hydrogens is 264 g/mol. The summed E-state index contributed by atoms with van der Waals surface area (Å²) < 4.78 is 0. The van der Waals surface area contributed by atoms with Crippen molar-refractivity contribution in [2.75, 3.05) is 10.6 Å². The van der Waals surface area contributed by atoms with Crippen LogP contribution in [0.1, 0.15) is 29.3 Å². The summed E-state index contributed by atoms with van der Waals surface area (Å²) in [5.74, 6) is -0.993. The fourth-order valence-electron chi connectivity index (χ4n) is 2.96. The molecule has 0 bridgehead atoms. The number of hydrogen-bond donors (Lipinski definition) is 2. The third kappa shape index (κ3) is 2.33. The van der Waals surface area contributed by atoms with Crippen LogP contribution in [0.15, 0.2) is 42.5 Å². The summed E-state index contributed by atoms with van der Waals surface area (Å²) in [5, 5.41) is 9.25. The van der Waals surface area contributed by atoms with Gasteiger partial charge in [-0.3, -0.25) is 0 Å². The average molecular weight is 282 g/mol. The number of aryl methyl sites for hydroxylation is 1. The molecule has 0 saturated heterocycles. The van der Waals surface area contributed by atoms with E-state index < -0.39 is 5.97 Å². The van der Waals surface area contributed by atoms with Crippen LogP contribution in [0.25, 0.3) is 0 Å². The number of fused-ring (bicyclic) bond motifs is 1. The molecule has 1 heterocycles. The maximum absolute atomic E-state index is 11.3. The van der Waals surface area contributed by atoms with Gasteiger partial charge in [-0.15, -0.1) is 0 Å². The van der Waals surface area contributed by atoms with E-state index in [2.05, 4.69) is 24.0 Å². The lowest BCUT2D eigenvalue weighted by Gasteiger charge is -2.37. The van der Waals surface area contributed by atoms with Crippen molar-refractivity contribution < 1.29 is 9.90 Å². The zero-order valence-electron chi connectivity index (χ0n) is 11.9. The number of carboxylic acids is 1. The second kappa shape index (κ2) is 5.13. The summed E-state index contributed by atoms with van der Waals surface area (Å²) in [6, 6.07) is 13.8. The van der Waals surface area contributed by atoms with Crippen molar-refractivity contribution in [1.82, 2.24) is 0 Å². The lowest BCUT2D eigenvalue weighted by Crippen LogP contribution is -2.33. The van der Waals surface area contributed by atoms with Gasteiger partial charge in [-0.25, -0.2) is 4.79 Å². The van der Waals surface area contributed by atoms with Gasteiger partial charge in [-0.05, 0) is 49.6 Å². The van der Waals surface area contributed by atoms with Crippen LogP contribution < -0.4 is 10.6 Å². The smallest absolute Gasteiger partial charge is 0.337 e. The lowest BCUT2D eigenvalue weighted by molar-refractivity contribution is 0.0698. The van der Waals surface area contributed by atoms with Crippen LogP contribution in [0.5, 0.6) is 0 Å². The molecule has 108 valence electrons. The van der Waals surface area contributed by atoms with Crippen molar-refractivity contribution >= 4 is 23.0 Å². The summed E-state index contributed by atoms with van der Waals surface area (Å²) in [7, 11) is 0. The monoisotopic (exact) mass is 282 g/mol. The lowest BCUT2D eigenvalue weighted by atomic mass is 9.95. The Balaban J connectivity index is 2.12. The van der Waals surface area contributed by atoms with Gasteiger partial charge in [0, 0.05) is 23.1 Å². The van der Waals surface area contributed by atoms with Gasteiger partial charge in [0.2, 0.25) is 0 Å². The Bertz CT molecular complexity index is 697. The first-order valence-electron chi connectivity index (χ1n) is 7.08. The Morgan fingerprint density at radius 3 is 2.81 bits per heavy atom. The van der Waals surface area contributed by atoms with Gasteiger partial charge in [-0.2, -0.15) is 0 Å². The van der Waals surface area contributed by atoms with E-state index in [4.69, 9.17) is 5.73 Å². The highest BCUT2D eigenvalue weighted by molar-refractivity contribution is 5.95. The highest BCUT2D eigenvalue weighted by Crippen LogP contribution is 2.37. The third-order valence-electron chi connectivity index (χ3n) is 4.07. The van der Waals surface area contributed by atoms with E-state index in [0.717, 1.165) is 24.2 Å². The number of nitrogens with zero attached hydrogens (tertiary/aromatic N) is 1. The van der Waals surface area contributed by atoms with Gasteiger partial charge in [0.15, 0.2) is 0 Å². The Morgan fingerprint density at radius 2 is 2.05 bits per heavy atom. The zero-order chi connectivity index (χ0) is 15.0. The van der Waals surface area contributed by atoms with Gasteiger partial charge in [-0.1, -0.05) is 18.2 Å². The van der Waals surface area contributed by atoms with Crippen LogP contribution in [-0.2, 0) is 6.42 Å². The molecule has 3 rings (SSSR count). The van der Waals surface area contributed by atoms with Crippen molar-refractivity contribution in [3.63, 3.8) is 0 Å². The van der Waals surface area contributed by atoms with Gasteiger partial charge in [0.05, 0.1) is 5.56 Å². The van der Waals surface area contributed by atoms with E-state index in [1.54, 1.807) is 12.1 Å². The highest BCUT2D eigenvalue weighted by Gasteiger charge is 2.25. The predicted octanol–water partition coefficient (Wildman–Crippen LogP) is 3.44. The number of rotatable bonds is 2. The number of nitrogens with two attached hydrogens (primary N) is 1. The number of carboxylic acid groups (broad SMARTS) is 1. The fraction of sp³-hybridized carbons (Fsp3) is 0.235. The Kier molecular flexibility index (Phi) is 3.29. The van der Waals surface area contributed by atoms with E-state index in [-0.39, 0.29) is 5.56 Å². The third-order valence-corrected chi connectivity index (χ3v) is 4.07. The first-order chi connectivity index (χ1) is 10.1. The van der Waals surface area contributed by atoms with Crippen LogP contribution in [0.3, 0.4) is 0 Å². The maximum atomic E-state index is 11.3. The van der Waals surface area contributed by atoms with Gasteiger partial charge >= 0.3 is 5.97 Å². The molecule has 0 aromatic heterocycles. The molecule has 1 atom stereocenters. The molecule has 0 spiro atoms. The maximum Gasteiger partial charge on any atom is 0.337 e. The second-order valence-electron chi connectivity index (χ2n) is 5.46. The average Bonchev–Trinajstić information content (AvgIpc) is 2.48. The molecule has 1 aliphatic heterocycles. The zero-order valence-corrected chi connectivity index (χ0v) is 11.9. The molecule has 1 aliphatic rings. The summed E-state index contributed by atoms with van der Waals surface area (Å²) >= 11 is 0. The molecule has 3 N–H and O–H groups in total. The molecule has 0 saturated carbocycles. The van der Waals surface area contributed by atoms with Gasteiger partial charge < -0.3 is 15.7 Å². The molecular formula is C17H18N2O2. The molecule has 2 aromatic rings. The molecule has 4 nitrogen and oxygen atoms in total. The first-order valence-corrected chi connectivity index (χ1v) is 7.08. The van der Waals surface area contributed by atoms with Crippen molar-refractivity contribution in [3.8, 4) is 0 Å². The second-order valence-corrected chi connectivity index (χ2v) is 5.46. The summed E-state index contributed by atoms with van der Waals surface area (Å²) in [4.78, 5) is 13.5. The number of hydrogen-bond acceptors (Lipinski definition) is 3. The van der Waals surface area contributed by atoms with Crippen molar-refractivity contribution in [2.24, 2.45) is 0 Å². The Hall–Kier alpha value is -2.49. The molecule has 0 fully saturated rings. The fourth-order valence-corrected chi connectivity index (χ4v) is 2.96. The van der Waals surface area contributed by atoms with Crippen molar-refractivity contribution in [1.29, 1.82) is 0 Å². The number of benzene rings is 2. The largest absolute Gasteiger partial charge is 0.478 e. The Morgan fingerprint density at radius 1 is 1.29 bits per heavy atom. The number of aromatic carboxylic acids is 1. The minimum absolute atomic E-state index is 0.155. The standard InChI is InChI=1S/C17H18N2O2/c1-11-6-7-12-4-2-3-5-16(12)19(11)13-8-9-15(18)14(10-13)17(20)21/h2-5,8-11H,6-7,18H2,1H3,(H,20,21). The number of para-hydroxylation sites is 1. The molecule has 0 amide bonds. The first kappa shape index (κ1) is 13.5. The quantitative estimate of drug-likeness (QED) is 0.828. The number of carbonyl (C=O) groups is 1. The molecule has 1 unspecified atom stereocenters. The van der Waals surface area contributed by atoms with E-state index in [1.807, 2.05) is 18.2 Å². The van der Waals surface area contributed by atoms with Gasteiger partial charge in [0.1, 0.15) is 0 Å².